The Balaban J connectivity index is 1.33. The van der Waals surface area contributed by atoms with Crippen molar-refractivity contribution in [3.05, 3.63) is 59.2 Å². The van der Waals surface area contributed by atoms with Crippen LogP contribution in [0.2, 0.25) is 0 Å². The van der Waals surface area contributed by atoms with Crippen LogP contribution in [0.25, 0.3) is 0 Å². The average molecular weight is 464 g/mol. The smallest absolute Gasteiger partial charge is 0.325 e. The van der Waals surface area contributed by atoms with Gasteiger partial charge in [-0.3, -0.25) is 14.5 Å². The SMILES string of the molecule is Cc1ccc([C@]2(C)NC(=O)N(CC(=O)N3CCC[C@@H]3c3ccc4c(c3)OCCCO4)C2=O)cc1. The van der Waals surface area contributed by atoms with Crippen molar-refractivity contribution in [3.63, 3.8) is 0 Å². The number of ether oxygens (including phenoxy) is 2. The number of likely N-dealkylation sites (tertiary alicyclic amines) is 1. The number of benzene rings is 2. The number of imide groups is 1. The van der Waals surface area contributed by atoms with E-state index in [1.54, 1.807) is 11.8 Å². The van der Waals surface area contributed by atoms with Gasteiger partial charge in [-0.25, -0.2) is 4.79 Å². The van der Waals surface area contributed by atoms with Crippen molar-refractivity contribution in [2.45, 2.75) is 44.7 Å². The molecular weight excluding hydrogens is 434 g/mol. The fourth-order valence-corrected chi connectivity index (χ4v) is 4.95. The lowest BCUT2D eigenvalue weighted by atomic mass is 9.91. The molecule has 2 atom stereocenters. The third-order valence-electron chi connectivity index (χ3n) is 6.93. The van der Waals surface area contributed by atoms with Gasteiger partial charge in [0.25, 0.3) is 5.91 Å². The van der Waals surface area contributed by atoms with E-state index in [1.165, 1.54) is 0 Å². The molecule has 34 heavy (non-hydrogen) atoms. The summed E-state index contributed by atoms with van der Waals surface area (Å²) in [6.07, 6.45) is 2.49. The number of amides is 4. The molecule has 5 rings (SSSR count). The Labute approximate surface area is 198 Å². The first-order chi connectivity index (χ1) is 16.4. The molecule has 8 nitrogen and oxygen atoms in total. The van der Waals surface area contributed by atoms with Gasteiger partial charge in [-0.15, -0.1) is 0 Å². The van der Waals surface area contributed by atoms with Crippen LogP contribution in [0.15, 0.2) is 42.5 Å². The Morgan fingerprint density at radius 1 is 1.06 bits per heavy atom. The molecule has 178 valence electrons. The molecule has 2 aromatic rings. The quantitative estimate of drug-likeness (QED) is 0.703. The summed E-state index contributed by atoms with van der Waals surface area (Å²) in [7, 11) is 0. The molecule has 3 aliphatic rings. The van der Waals surface area contributed by atoms with Crippen LogP contribution in [-0.2, 0) is 15.1 Å². The van der Waals surface area contributed by atoms with Gasteiger partial charge in [0.05, 0.1) is 19.3 Å². The van der Waals surface area contributed by atoms with Crippen molar-refractivity contribution in [2.24, 2.45) is 0 Å². The molecule has 0 saturated carbocycles. The van der Waals surface area contributed by atoms with Crippen molar-refractivity contribution in [2.75, 3.05) is 26.3 Å². The lowest BCUT2D eigenvalue weighted by Crippen LogP contribution is -2.44. The first-order valence-electron chi connectivity index (χ1n) is 11.8. The maximum Gasteiger partial charge on any atom is 0.325 e. The monoisotopic (exact) mass is 463 g/mol. The van der Waals surface area contributed by atoms with Crippen LogP contribution < -0.4 is 14.8 Å². The highest BCUT2D eigenvalue weighted by Crippen LogP contribution is 2.38. The lowest BCUT2D eigenvalue weighted by molar-refractivity contribution is -0.139. The van der Waals surface area contributed by atoms with Crippen LogP contribution in [-0.4, -0.2) is 53.9 Å². The Morgan fingerprint density at radius 2 is 1.79 bits per heavy atom. The van der Waals surface area contributed by atoms with Gasteiger partial charge in [0, 0.05) is 13.0 Å². The Morgan fingerprint density at radius 3 is 2.56 bits per heavy atom. The third-order valence-corrected chi connectivity index (χ3v) is 6.93. The highest BCUT2D eigenvalue weighted by atomic mass is 16.5. The summed E-state index contributed by atoms with van der Waals surface area (Å²) < 4.78 is 11.5. The number of nitrogens with one attached hydrogen (secondary N) is 1. The van der Waals surface area contributed by atoms with Gasteiger partial charge in [-0.2, -0.15) is 0 Å². The van der Waals surface area contributed by atoms with E-state index < -0.39 is 17.5 Å². The van der Waals surface area contributed by atoms with Crippen molar-refractivity contribution in [1.29, 1.82) is 0 Å². The second kappa shape index (κ2) is 8.66. The summed E-state index contributed by atoms with van der Waals surface area (Å²) in [5.41, 5.74) is 1.53. The van der Waals surface area contributed by atoms with Gasteiger partial charge < -0.3 is 19.7 Å². The van der Waals surface area contributed by atoms with Crippen LogP contribution in [0.4, 0.5) is 4.79 Å². The predicted octanol–water partition coefficient (Wildman–Crippen LogP) is 3.29. The predicted molar refractivity (Wildman–Crippen MR) is 125 cm³/mol. The van der Waals surface area contributed by atoms with E-state index in [0.29, 0.717) is 36.8 Å². The molecule has 2 fully saturated rings. The largest absolute Gasteiger partial charge is 0.490 e. The molecule has 3 heterocycles. The van der Waals surface area contributed by atoms with Crippen molar-refractivity contribution in [1.82, 2.24) is 15.1 Å². The first-order valence-corrected chi connectivity index (χ1v) is 11.8. The number of aryl methyl sites for hydroxylation is 1. The summed E-state index contributed by atoms with van der Waals surface area (Å²) in [6.45, 7) is 5.15. The number of carbonyl (C=O) groups is 3. The summed E-state index contributed by atoms with van der Waals surface area (Å²) in [4.78, 5) is 42.1. The zero-order valence-corrected chi connectivity index (χ0v) is 19.5. The summed E-state index contributed by atoms with van der Waals surface area (Å²) in [5, 5.41) is 2.78. The second-order valence-corrected chi connectivity index (χ2v) is 9.31. The van der Waals surface area contributed by atoms with E-state index in [2.05, 4.69) is 5.32 Å². The minimum Gasteiger partial charge on any atom is -0.490 e. The van der Waals surface area contributed by atoms with Crippen LogP contribution in [0, 0.1) is 6.92 Å². The molecule has 0 bridgehead atoms. The maximum absolute atomic E-state index is 13.3. The fourth-order valence-electron chi connectivity index (χ4n) is 4.95. The topological polar surface area (TPSA) is 88.2 Å². The Hall–Kier alpha value is -3.55. The zero-order valence-electron chi connectivity index (χ0n) is 19.5. The molecule has 0 aromatic heterocycles. The number of urea groups is 1. The standard InChI is InChI=1S/C26H29N3O5/c1-17-6-9-19(10-7-17)26(2)24(31)29(25(32)27-26)16-23(30)28-12-3-5-20(28)18-8-11-21-22(15-18)34-14-4-13-33-21/h6-11,15,20H,3-5,12-14,16H2,1-2H3,(H,27,32)/t20-,26+/m1/s1. The number of hydrogen-bond acceptors (Lipinski definition) is 5. The van der Waals surface area contributed by atoms with Gasteiger partial charge in [0.2, 0.25) is 5.91 Å². The molecule has 3 aliphatic heterocycles. The summed E-state index contributed by atoms with van der Waals surface area (Å²) in [5.74, 6) is 0.747. The first kappa shape index (κ1) is 22.3. The summed E-state index contributed by atoms with van der Waals surface area (Å²) >= 11 is 0. The minimum atomic E-state index is -1.19. The average Bonchev–Trinajstić information content (AvgIpc) is 3.30. The molecule has 0 aliphatic carbocycles. The van der Waals surface area contributed by atoms with Gasteiger partial charge >= 0.3 is 6.03 Å². The number of rotatable bonds is 4. The molecule has 1 N–H and O–H groups in total. The molecule has 2 aromatic carbocycles. The number of fused-ring (bicyclic) bond motifs is 1. The van der Waals surface area contributed by atoms with Gasteiger partial charge in [-0.05, 0) is 49.9 Å². The van der Waals surface area contributed by atoms with Gasteiger partial charge in [0.15, 0.2) is 11.5 Å². The van der Waals surface area contributed by atoms with E-state index >= 15 is 0 Å². The number of carbonyl (C=O) groups excluding carboxylic acids is 3. The highest BCUT2D eigenvalue weighted by Gasteiger charge is 2.50. The molecule has 0 radical (unpaired) electrons. The van der Waals surface area contributed by atoms with Gasteiger partial charge in [0.1, 0.15) is 12.1 Å². The van der Waals surface area contributed by atoms with E-state index in [1.807, 2.05) is 49.4 Å². The van der Waals surface area contributed by atoms with E-state index in [-0.39, 0.29) is 18.5 Å². The van der Waals surface area contributed by atoms with Crippen LogP contribution in [0.3, 0.4) is 0 Å². The lowest BCUT2D eigenvalue weighted by Gasteiger charge is -2.27. The molecule has 8 heteroatoms. The normalized spacial score (nSPS) is 24.2. The molecule has 4 amide bonds. The summed E-state index contributed by atoms with van der Waals surface area (Å²) in [6, 6.07) is 12.6. The van der Waals surface area contributed by atoms with Gasteiger partial charge in [-0.1, -0.05) is 35.9 Å². The molecule has 0 unspecified atom stereocenters. The zero-order chi connectivity index (χ0) is 23.9. The Kier molecular flexibility index (Phi) is 5.67. The van der Waals surface area contributed by atoms with Crippen molar-refractivity contribution < 1.29 is 23.9 Å². The number of nitrogens with zero attached hydrogens (tertiary/aromatic N) is 2. The Bertz CT molecular complexity index is 1130. The highest BCUT2D eigenvalue weighted by molar-refractivity contribution is 6.09. The maximum atomic E-state index is 13.3. The van der Waals surface area contributed by atoms with E-state index in [0.717, 1.165) is 35.3 Å². The van der Waals surface area contributed by atoms with Crippen LogP contribution >= 0.6 is 0 Å². The number of hydrogen-bond donors (Lipinski definition) is 1. The van der Waals surface area contributed by atoms with E-state index in [9.17, 15) is 14.4 Å². The van der Waals surface area contributed by atoms with E-state index in [4.69, 9.17) is 9.47 Å². The molecule has 2 saturated heterocycles. The fraction of sp³-hybridized carbons (Fsp3) is 0.423. The molecular formula is C26H29N3O5. The van der Waals surface area contributed by atoms with Crippen molar-refractivity contribution >= 4 is 17.8 Å². The third kappa shape index (κ3) is 3.87. The minimum absolute atomic E-state index is 0.131. The van der Waals surface area contributed by atoms with Crippen LogP contribution in [0.1, 0.15) is 48.9 Å². The molecule has 0 spiro atoms. The second-order valence-electron chi connectivity index (χ2n) is 9.31. The van der Waals surface area contributed by atoms with Crippen LogP contribution in [0.5, 0.6) is 11.5 Å². The van der Waals surface area contributed by atoms with Crippen molar-refractivity contribution in [3.8, 4) is 11.5 Å².